The van der Waals surface area contributed by atoms with Crippen LogP contribution in [-0.4, -0.2) is 26.9 Å². The molecule has 11 heteroatoms. The quantitative estimate of drug-likeness (QED) is 0.315. The highest BCUT2D eigenvalue weighted by Gasteiger charge is 2.66. The van der Waals surface area contributed by atoms with Gasteiger partial charge in [-0.1, -0.05) is 72.3 Å². The predicted molar refractivity (Wildman–Crippen MR) is 145 cm³/mol. The molecule has 1 saturated heterocycles. The standard InChI is InChI=1S/C29H22Cl2F3N3O3/c1-3-16-7-12-21-26(39)37(36-25-22(31)13-18(14-35-25)29(32,33)34)27(40)28(21,17-8-10-19(30)11-9-17)23(16)20-6-4-5-15(2)24(20)38/h3-11,13-14,21,23,38H,1,12H2,2H3,(H,35,36). The molecule has 3 atom stereocenters. The van der Waals surface area contributed by atoms with Crippen LogP contribution in [0, 0.1) is 12.8 Å². The first kappa shape index (κ1) is 27.7. The van der Waals surface area contributed by atoms with Gasteiger partial charge in [0.25, 0.3) is 11.8 Å². The lowest BCUT2D eigenvalue weighted by Gasteiger charge is -2.43. The number of amides is 2. The predicted octanol–water partition coefficient (Wildman–Crippen LogP) is 6.97. The van der Waals surface area contributed by atoms with Gasteiger partial charge in [-0.25, -0.2) is 4.98 Å². The molecule has 1 fully saturated rings. The molecule has 2 heterocycles. The van der Waals surface area contributed by atoms with Crippen molar-refractivity contribution in [3.63, 3.8) is 0 Å². The Morgan fingerprint density at radius 1 is 1.18 bits per heavy atom. The third-order valence-electron chi connectivity index (χ3n) is 7.53. The summed E-state index contributed by atoms with van der Waals surface area (Å²) in [6, 6.07) is 12.3. The molecule has 5 rings (SSSR count). The number of aromatic nitrogens is 1. The van der Waals surface area contributed by atoms with Gasteiger partial charge in [0, 0.05) is 22.7 Å². The Morgan fingerprint density at radius 3 is 2.50 bits per heavy atom. The number of hydrogen-bond acceptors (Lipinski definition) is 5. The van der Waals surface area contributed by atoms with Crippen LogP contribution < -0.4 is 5.43 Å². The lowest BCUT2D eigenvalue weighted by atomic mass is 9.56. The zero-order chi connectivity index (χ0) is 29.0. The van der Waals surface area contributed by atoms with Crippen molar-refractivity contribution in [1.82, 2.24) is 9.99 Å². The molecule has 1 aromatic heterocycles. The number of nitrogens with zero attached hydrogens (tertiary/aromatic N) is 2. The Morgan fingerprint density at radius 2 is 1.88 bits per heavy atom. The normalized spacial score (nSPS) is 22.6. The first-order chi connectivity index (χ1) is 18.9. The third kappa shape index (κ3) is 4.24. The third-order valence-corrected chi connectivity index (χ3v) is 8.07. The first-order valence-electron chi connectivity index (χ1n) is 12.2. The molecule has 206 valence electrons. The van der Waals surface area contributed by atoms with Gasteiger partial charge in [-0.05, 0) is 48.2 Å². The number of phenolic OH excluding ortho intramolecular Hbond substituents is 1. The summed E-state index contributed by atoms with van der Waals surface area (Å²) in [5.74, 6) is -3.45. The smallest absolute Gasteiger partial charge is 0.417 e. The molecule has 1 aliphatic heterocycles. The van der Waals surface area contributed by atoms with E-state index in [2.05, 4.69) is 17.0 Å². The summed E-state index contributed by atoms with van der Waals surface area (Å²) in [5, 5.41) is 11.9. The number of phenols is 1. The maximum absolute atomic E-state index is 14.6. The van der Waals surface area contributed by atoms with Crippen molar-refractivity contribution in [2.45, 2.75) is 30.9 Å². The van der Waals surface area contributed by atoms with E-state index in [-0.39, 0.29) is 18.0 Å². The van der Waals surface area contributed by atoms with Crippen LogP contribution in [0.15, 0.2) is 79.0 Å². The topological polar surface area (TPSA) is 82.5 Å². The number of imide groups is 1. The van der Waals surface area contributed by atoms with E-state index in [4.69, 9.17) is 23.2 Å². The van der Waals surface area contributed by atoms with E-state index in [1.165, 1.54) is 0 Å². The second kappa shape index (κ2) is 9.98. The van der Waals surface area contributed by atoms with Gasteiger partial charge in [0.1, 0.15) is 5.75 Å². The molecule has 2 amide bonds. The van der Waals surface area contributed by atoms with Crippen molar-refractivity contribution in [3.8, 4) is 5.75 Å². The molecule has 2 N–H and O–H groups in total. The summed E-state index contributed by atoms with van der Waals surface area (Å²) in [7, 11) is 0. The van der Waals surface area contributed by atoms with Gasteiger partial charge < -0.3 is 5.11 Å². The number of pyridine rings is 1. The summed E-state index contributed by atoms with van der Waals surface area (Å²) in [6.45, 7) is 5.64. The lowest BCUT2D eigenvalue weighted by Crippen LogP contribution is -2.48. The van der Waals surface area contributed by atoms with E-state index in [0.717, 1.165) is 5.01 Å². The molecule has 3 unspecified atom stereocenters. The van der Waals surface area contributed by atoms with Crippen LogP contribution in [0.1, 0.15) is 34.6 Å². The van der Waals surface area contributed by atoms with Gasteiger partial charge in [0.05, 0.1) is 21.9 Å². The molecular weight excluding hydrogens is 566 g/mol. The van der Waals surface area contributed by atoms with Crippen LogP contribution in [0.3, 0.4) is 0 Å². The minimum absolute atomic E-state index is 0.0339. The van der Waals surface area contributed by atoms with Crippen molar-refractivity contribution in [2.24, 2.45) is 5.92 Å². The fourth-order valence-corrected chi connectivity index (χ4v) is 6.01. The van der Waals surface area contributed by atoms with Gasteiger partial charge in [0.15, 0.2) is 5.82 Å². The average Bonchev–Trinajstić information content (AvgIpc) is 3.13. The van der Waals surface area contributed by atoms with E-state index >= 15 is 0 Å². The van der Waals surface area contributed by atoms with E-state index in [1.807, 2.05) is 0 Å². The highest BCUT2D eigenvalue weighted by atomic mass is 35.5. The molecule has 3 aromatic rings. The number of aryl methyl sites for hydroxylation is 1. The second-order valence-electron chi connectivity index (χ2n) is 9.66. The number of carbonyl (C=O) groups is 2. The van der Waals surface area contributed by atoms with Crippen molar-refractivity contribution in [3.05, 3.63) is 111 Å². The van der Waals surface area contributed by atoms with Crippen molar-refractivity contribution in [1.29, 1.82) is 0 Å². The van der Waals surface area contributed by atoms with Crippen LogP contribution in [0.5, 0.6) is 5.75 Å². The number of halogens is 5. The Balaban J connectivity index is 1.71. The van der Waals surface area contributed by atoms with Gasteiger partial charge in [-0.3, -0.25) is 15.0 Å². The van der Waals surface area contributed by atoms with Crippen LogP contribution >= 0.6 is 23.2 Å². The fourth-order valence-electron chi connectivity index (χ4n) is 5.68. The van der Waals surface area contributed by atoms with Crippen molar-refractivity contribution < 1.29 is 27.9 Å². The number of hydrazine groups is 1. The summed E-state index contributed by atoms with van der Waals surface area (Å²) >= 11 is 12.3. The molecule has 0 spiro atoms. The molecule has 0 bridgehead atoms. The minimum atomic E-state index is -4.68. The molecule has 0 radical (unpaired) electrons. The molecule has 40 heavy (non-hydrogen) atoms. The molecular formula is C29H22Cl2F3N3O3. The maximum atomic E-state index is 14.6. The largest absolute Gasteiger partial charge is 0.507 e. The Labute approximate surface area is 237 Å². The van der Waals surface area contributed by atoms with Gasteiger partial charge in [-0.2, -0.15) is 18.2 Å². The lowest BCUT2D eigenvalue weighted by molar-refractivity contribution is -0.139. The summed E-state index contributed by atoms with van der Waals surface area (Å²) in [6.07, 6.45) is -0.577. The highest BCUT2D eigenvalue weighted by Crippen LogP contribution is 2.59. The minimum Gasteiger partial charge on any atom is -0.507 e. The van der Waals surface area contributed by atoms with Crippen molar-refractivity contribution >= 4 is 40.8 Å². The molecule has 1 aliphatic carbocycles. The molecule has 2 aromatic carbocycles. The maximum Gasteiger partial charge on any atom is 0.417 e. The fraction of sp³-hybridized carbons (Fsp3) is 0.207. The number of aromatic hydroxyl groups is 1. The van der Waals surface area contributed by atoms with E-state index in [9.17, 15) is 27.9 Å². The number of anilines is 1. The number of para-hydroxylation sites is 1. The number of benzene rings is 2. The molecule has 6 nitrogen and oxygen atoms in total. The Kier molecular flexibility index (Phi) is 6.92. The van der Waals surface area contributed by atoms with Crippen LogP contribution in [0.25, 0.3) is 0 Å². The molecule has 2 aliphatic rings. The number of nitrogens with one attached hydrogen (secondary N) is 1. The van der Waals surface area contributed by atoms with Crippen LogP contribution in [-0.2, 0) is 21.2 Å². The number of fused-ring (bicyclic) bond motifs is 1. The number of alkyl halides is 3. The highest BCUT2D eigenvalue weighted by molar-refractivity contribution is 6.33. The first-order valence-corrected chi connectivity index (χ1v) is 12.9. The van der Waals surface area contributed by atoms with Gasteiger partial charge >= 0.3 is 6.18 Å². The summed E-state index contributed by atoms with van der Waals surface area (Å²) in [5.41, 5.74) is 1.99. The summed E-state index contributed by atoms with van der Waals surface area (Å²) < 4.78 is 39.5. The monoisotopic (exact) mass is 587 g/mol. The average molecular weight is 588 g/mol. The van der Waals surface area contributed by atoms with Crippen LogP contribution in [0.4, 0.5) is 19.0 Å². The number of allylic oxidation sites excluding steroid dienone is 3. The molecule has 0 saturated carbocycles. The van der Waals surface area contributed by atoms with Gasteiger partial charge in [-0.15, -0.1) is 0 Å². The number of carbonyl (C=O) groups excluding carboxylic acids is 2. The summed E-state index contributed by atoms with van der Waals surface area (Å²) in [4.78, 5) is 32.2. The zero-order valence-corrected chi connectivity index (χ0v) is 22.5. The zero-order valence-electron chi connectivity index (χ0n) is 21.0. The SMILES string of the molecule is C=CC1=CCC2C(=O)N(Nc3ncc(C(F)(F)F)cc3Cl)C(=O)C2(c2ccc(Cl)cc2)C1c1cccc(C)c1O. The van der Waals surface area contributed by atoms with E-state index in [0.29, 0.717) is 39.5 Å². The van der Waals surface area contributed by atoms with Crippen LogP contribution in [0.2, 0.25) is 10.0 Å². The van der Waals surface area contributed by atoms with E-state index < -0.39 is 45.8 Å². The number of rotatable bonds is 5. The second-order valence-corrected chi connectivity index (χ2v) is 10.5. The Bertz CT molecular complexity index is 1570. The van der Waals surface area contributed by atoms with Gasteiger partial charge in [0.2, 0.25) is 0 Å². The van der Waals surface area contributed by atoms with Crippen molar-refractivity contribution in [2.75, 3.05) is 5.43 Å². The van der Waals surface area contributed by atoms with E-state index in [1.54, 1.807) is 61.5 Å². The Hall–Kier alpha value is -3.82. The number of hydrogen-bond donors (Lipinski definition) is 2.